The van der Waals surface area contributed by atoms with E-state index in [-0.39, 0.29) is 0 Å². The molecule has 3 heteroatoms. The van der Waals surface area contributed by atoms with Gasteiger partial charge in [-0.2, -0.15) is 0 Å². The van der Waals surface area contributed by atoms with Crippen LogP contribution in [-0.2, 0) is 4.74 Å². The maximum atomic E-state index is 5.24. The summed E-state index contributed by atoms with van der Waals surface area (Å²) in [6, 6.07) is 12.5. The fourth-order valence-corrected chi connectivity index (χ4v) is 3.10. The fraction of sp³-hybridized carbons (Fsp3) is 0.647. The Labute approximate surface area is 123 Å². The minimum Gasteiger partial charge on any atom is -0.385 e. The van der Waals surface area contributed by atoms with Gasteiger partial charge in [-0.15, -0.1) is 0 Å². The van der Waals surface area contributed by atoms with Gasteiger partial charge in [0.25, 0.3) is 0 Å². The van der Waals surface area contributed by atoms with Gasteiger partial charge in [0.15, 0.2) is 0 Å². The lowest BCUT2D eigenvalue weighted by Gasteiger charge is -2.43. The van der Waals surface area contributed by atoms with Crippen molar-refractivity contribution < 1.29 is 4.74 Å². The highest BCUT2D eigenvalue weighted by atomic mass is 16.5. The van der Waals surface area contributed by atoms with Crippen molar-refractivity contribution in [1.82, 2.24) is 10.2 Å². The van der Waals surface area contributed by atoms with Gasteiger partial charge in [0.2, 0.25) is 0 Å². The van der Waals surface area contributed by atoms with Crippen LogP contribution in [0, 0.1) is 0 Å². The Morgan fingerprint density at radius 2 is 2.10 bits per heavy atom. The number of rotatable bonds is 6. The van der Waals surface area contributed by atoms with E-state index in [9.17, 15) is 0 Å². The van der Waals surface area contributed by atoms with E-state index in [2.05, 4.69) is 54.4 Å². The molecule has 0 radical (unpaired) electrons. The van der Waals surface area contributed by atoms with Crippen LogP contribution in [0.3, 0.4) is 0 Å². The zero-order valence-corrected chi connectivity index (χ0v) is 13.0. The molecule has 0 saturated carbocycles. The van der Waals surface area contributed by atoms with Crippen molar-refractivity contribution in [3.05, 3.63) is 35.9 Å². The minimum absolute atomic E-state index is 0.448. The fourth-order valence-electron chi connectivity index (χ4n) is 3.10. The molecular weight excluding hydrogens is 248 g/mol. The summed E-state index contributed by atoms with van der Waals surface area (Å²) in [7, 11) is 1.79. The molecule has 0 amide bonds. The van der Waals surface area contributed by atoms with Crippen molar-refractivity contribution in [2.24, 2.45) is 0 Å². The summed E-state index contributed by atoms with van der Waals surface area (Å²) < 4.78 is 5.24. The molecule has 0 aromatic heterocycles. The molecule has 112 valence electrons. The summed E-state index contributed by atoms with van der Waals surface area (Å²) in [5, 5.41) is 3.70. The Hall–Kier alpha value is -0.900. The second-order valence-corrected chi connectivity index (χ2v) is 5.76. The number of nitrogens with zero attached hydrogens (tertiary/aromatic N) is 1. The molecule has 3 atom stereocenters. The van der Waals surface area contributed by atoms with Crippen LogP contribution in [0.2, 0.25) is 0 Å². The van der Waals surface area contributed by atoms with E-state index in [0.717, 1.165) is 26.1 Å². The van der Waals surface area contributed by atoms with Gasteiger partial charge in [-0.1, -0.05) is 37.3 Å². The van der Waals surface area contributed by atoms with Gasteiger partial charge in [0.1, 0.15) is 0 Å². The Bertz CT molecular complexity index is 382. The van der Waals surface area contributed by atoms with Crippen LogP contribution in [0.1, 0.15) is 38.3 Å². The Morgan fingerprint density at radius 3 is 2.75 bits per heavy atom. The van der Waals surface area contributed by atoms with Crippen molar-refractivity contribution >= 4 is 0 Å². The molecule has 0 spiro atoms. The molecule has 3 nitrogen and oxygen atoms in total. The van der Waals surface area contributed by atoms with Crippen LogP contribution >= 0.6 is 0 Å². The molecule has 1 fully saturated rings. The van der Waals surface area contributed by atoms with Crippen LogP contribution in [0.4, 0.5) is 0 Å². The molecule has 1 aliphatic heterocycles. The molecule has 3 unspecified atom stereocenters. The van der Waals surface area contributed by atoms with E-state index in [4.69, 9.17) is 4.74 Å². The Balaban J connectivity index is 2.03. The maximum Gasteiger partial charge on any atom is 0.0477 e. The first kappa shape index (κ1) is 15.5. The van der Waals surface area contributed by atoms with Crippen LogP contribution in [0.15, 0.2) is 30.3 Å². The molecule has 20 heavy (non-hydrogen) atoms. The zero-order valence-electron chi connectivity index (χ0n) is 13.0. The second kappa shape index (κ2) is 7.77. The molecule has 0 bridgehead atoms. The van der Waals surface area contributed by atoms with Crippen molar-refractivity contribution in [1.29, 1.82) is 0 Å². The molecule has 2 rings (SSSR count). The van der Waals surface area contributed by atoms with Crippen LogP contribution < -0.4 is 5.32 Å². The van der Waals surface area contributed by atoms with E-state index >= 15 is 0 Å². The topological polar surface area (TPSA) is 24.5 Å². The third-order valence-electron chi connectivity index (χ3n) is 4.44. The standard InChI is InChI=1S/C17H28N2O/c1-4-16-12-18-17(15-8-6-5-7-9-15)13-19(16)14(2)10-11-20-3/h5-9,14,16-18H,4,10-13H2,1-3H3. The van der Waals surface area contributed by atoms with E-state index in [1.54, 1.807) is 7.11 Å². The molecule has 1 saturated heterocycles. The summed E-state index contributed by atoms with van der Waals surface area (Å²) in [4.78, 5) is 2.66. The molecular formula is C17H28N2O. The van der Waals surface area contributed by atoms with Crippen LogP contribution in [-0.4, -0.2) is 43.8 Å². The lowest BCUT2D eigenvalue weighted by molar-refractivity contribution is 0.0658. The lowest BCUT2D eigenvalue weighted by atomic mass is 9.98. The molecule has 1 aliphatic rings. The summed E-state index contributed by atoms with van der Waals surface area (Å²) in [5.41, 5.74) is 1.39. The summed E-state index contributed by atoms with van der Waals surface area (Å²) in [5.74, 6) is 0. The monoisotopic (exact) mass is 276 g/mol. The summed E-state index contributed by atoms with van der Waals surface area (Å²) in [6.45, 7) is 7.62. The van der Waals surface area contributed by atoms with Crippen molar-refractivity contribution in [3.63, 3.8) is 0 Å². The quantitative estimate of drug-likeness (QED) is 0.864. The minimum atomic E-state index is 0.448. The lowest BCUT2D eigenvalue weighted by Crippen LogP contribution is -2.55. The predicted octanol–water partition coefficient (Wildman–Crippen LogP) is 2.84. The van der Waals surface area contributed by atoms with E-state index in [1.165, 1.54) is 12.0 Å². The highest BCUT2D eigenvalue weighted by Gasteiger charge is 2.30. The maximum absolute atomic E-state index is 5.24. The highest BCUT2D eigenvalue weighted by molar-refractivity contribution is 5.20. The van der Waals surface area contributed by atoms with Gasteiger partial charge >= 0.3 is 0 Å². The first-order chi connectivity index (χ1) is 9.76. The summed E-state index contributed by atoms with van der Waals surface area (Å²) in [6.07, 6.45) is 2.31. The number of ether oxygens (including phenoxy) is 1. The zero-order chi connectivity index (χ0) is 14.4. The number of hydrogen-bond donors (Lipinski definition) is 1. The number of benzene rings is 1. The third-order valence-corrected chi connectivity index (χ3v) is 4.44. The molecule has 1 aromatic rings. The van der Waals surface area contributed by atoms with Crippen LogP contribution in [0.25, 0.3) is 0 Å². The average molecular weight is 276 g/mol. The average Bonchev–Trinajstić information content (AvgIpc) is 2.52. The smallest absolute Gasteiger partial charge is 0.0477 e. The Morgan fingerprint density at radius 1 is 1.35 bits per heavy atom. The van der Waals surface area contributed by atoms with Gasteiger partial charge < -0.3 is 10.1 Å². The van der Waals surface area contributed by atoms with Crippen LogP contribution in [0.5, 0.6) is 0 Å². The Kier molecular flexibility index (Phi) is 6.02. The normalized spacial score (nSPS) is 25.6. The number of nitrogens with one attached hydrogen (secondary N) is 1. The SMILES string of the molecule is CCC1CNC(c2ccccc2)CN1C(C)CCOC. The first-order valence-electron chi connectivity index (χ1n) is 7.79. The van der Waals surface area contributed by atoms with Crippen molar-refractivity contribution in [2.45, 2.75) is 44.8 Å². The number of methoxy groups -OCH3 is 1. The number of piperazine rings is 1. The molecule has 0 aliphatic carbocycles. The third kappa shape index (κ3) is 3.81. The molecule has 1 N–H and O–H groups in total. The van der Waals surface area contributed by atoms with E-state index < -0.39 is 0 Å². The predicted molar refractivity (Wildman–Crippen MR) is 83.9 cm³/mol. The summed E-state index contributed by atoms with van der Waals surface area (Å²) >= 11 is 0. The van der Waals surface area contributed by atoms with Gasteiger partial charge in [0.05, 0.1) is 0 Å². The largest absolute Gasteiger partial charge is 0.385 e. The van der Waals surface area contributed by atoms with Gasteiger partial charge in [0, 0.05) is 44.9 Å². The van der Waals surface area contributed by atoms with E-state index in [0.29, 0.717) is 18.1 Å². The van der Waals surface area contributed by atoms with Crippen molar-refractivity contribution in [3.8, 4) is 0 Å². The van der Waals surface area contributed by atoms with Gasteiger partial charge in [-0.25, -0.2) is 0 Å². The highest BCUT2D eigenvalue weighted by Crippen LogP contribution is 2.23. The molecule has 1 heterocycles. The van der Waals surface area contributed by atoms with Crippen molar-refractivity contribution in [2.75, 3.05) is 26.8 Å². The van der Waals surface area contributed by atoms with E-state index in [1.807, 2.05) is 0 Å². The molecule has 1 aromatic carbocycles. The van der Waals surface area contributed by atoms with Gasteiger partial charge in [-0.3, -0.25) is 4.90 Å². The second-order valence-electron chi connectivity index (χ2n) is 5.76. The number of hydrogen-bond acceptors (Lipinski definition) is 3. The van der Waals surface area contributed by atoms with Gasteiger partial charge in [-0.05, 0) is 25.3 Å². The first-order valence-corrected chi connectivity index (χ1v) is 7.79.